The maximum atomic E-state index is 13.1. The van der Waals surface area contributed by atoms with E-state index in [1.807, 2.05) is 13.8 Å². The summed E-state index contributed by atoms with van der Waals surface area (Å²) >= 11 is 5.90. The Morgan fingerprint density at radius 3 is 2.68 bits per heavy atom. The van der Waals surface area contributed by atoms with Gasteiger partial charge < -0.3 is 0 Å². The number of carbonyl (C=O) groups excluding carboxylic acids is 1. The predicted molar refractivity (Wildman–Crippen MR) is 108 cm³/mol. The van der Waals surface area contributed by atoms with Crippen LogP contribution in [0.1, 0.15) is 25.5 Å². The van der Waals surface area contributed by atoms with Crippen molar-refractivity contribution in [1.29, 1.82) is 0 Å². The van der Waals surface area contributed by atoms with Crippen molar-refractivity contribution < 1.29 is 32.1 Å². The summed E-state index contributed by atoms with van der Waals surface area (Å²) in [6.45, 7) is 4.58. The van der Waals surface area contributed by atoms with Crippen LogP contribution in [0.3, 0.4) is 0 Å². The predicted octanol–water partition coefficient (Wildman–Crippen LogP) is 5.14. The van der Waals surface area contributed by atoms with Crippen molar-refractivity contribution in [3.63, 3.8) is 0 Å². The van der Waals surface area contributed by atoms with Crippen molar-refractivity contribution in [2.24, 2.45) is 5.41 Å². The SMILES string of the molecule is CC1(C)CO[PH](P)(C(OC(=O)COc2ccc(F)cc2Cl)c2ccco2)OC1. The number of furan rings is 1. The van der Waals surface area contributed by atoms with Crippen molar-refractivity contribution in [3.8, 4) is 5.75 Å². The van der Waals surface area contributed by atoms with Crippen LogP contribution in [0, 0.1) is 11.2 Å². The molecule has 0 saturated carbocycles. The first-order valence-corrected chi connectivity index (χ1v) is 12.6. The number of ether oxygens (including phenoxy) is 2. The van der Waals surface area contributed by atoms with Gasteiger partial charge in [-0.15, -0.1) is 0 Å². The van der Waals surface area contributed by atoms with Crippen LogP contribution in [0.15, 0.2) is 41.0 Å². The summed E-state index contributed by atoms with van der Waals surface area (Å²) in [5, 5.41) is 0.0634. The fraction of sp³-hybridized carbons (Fsp3) is 0.389. The number of halogens is 2. The Labute approximate surface area is 170 Å². The molecule has 154 valence electrons. The number of rotatable bonds is 6. The molecule has 3 rings (SSSR count). The Hall–Kier alpha value is -1.23. The Kier molecular flexibility index (Phi) is 6.63. The van der Waals surface area contributed by atoms with Gasteiger partial charge in [-0.2, -0.15) is 0 Å². The van der Waals surface area contributed by atoms with Gasteiger partial charge in [0.25, 0.3) is 0 Å². The van der Waals surface area contributed by atoms with Gasteiger partial charge in [-0.1, -0.05) is 0 Å². The summed E-state index contributed by atoms with van der Waals surface area (Å²) in [5.74, 6) is -1.38. The van der Waals surface area contributed by atoms with Crippen molar-refractivity contribution in [1.82, 2.24) is 0 Å². The third-order valence-corrected chi connectivity index (χ3v) is 8.56. The van der Waals surface area contributed by atoms with Crippen molar-refractivity contribution >= 4 is 33.9 Å². The second-order valence-electron chi connectivity index (χ2n) is 7.21. The quantitative estimate of drug-likeness (QED) is 0.448. The van der Waals surface area contributed by atoms with E-state index >= 15 is 0 Å². The molecule has 2 aromatic rings. The van der Waals surface area contributed by atoms with Crippen LogP contribution in [0.2, 0.25) is 5.02 Å². The van der Waals surface area contributed by atoms with Crippen molar-refractivity contribution in [2.75, 3.05) is 19.8 Å². The molecule has 28 heavy (non-hydrogen) atoms. The van der Waals surface area contributed by atoms with Gasteiger partial charge in [-0.05, 0) is 0 Å². The minimum absolute atomic E-state index is 0.0634. The van der Waals surface area contributed by atoms with Crippen molar-refractivity contribution in [3.05, 3.63) is 53.2 Å². The number of esters is 1. The fourth-order valence-electron chi connectivity index (χ4n) is 2.52. The third-order valence-electron chi connectivity index (χ3n) is 4.03. The average Bonchev–Trinajstić information content (AvgIpc) is 3.16. The molecule has 0 amide bonds. The average molecular weight is 451 g/mol. The van der Waals surface area contributed by atoms with E-state index in [-0.39, 0.29) is 16.2 Å². The molecule has 2 unspecified atom stereocenters. The van der Waals surface area contributed by atoms with Gasteiger partial charge in [0, 0.05) is 0 Å². The van der Waals surface area contributed by atoms with Crippen LogP contribution in [0.5, 0.6) is 5.75 Å². The molecule has 1 aliphatic rings. The van der Waals surface area contributed by atoms with E-state index in [4.69, 9.17) is 34.5 Å². The molecule has 0 N–H and O–H groups in total. The summed E-state index contributed by atoms with van der Waals surface area (Å²) in [4.78, 5) is 12.4. The molecule has 10 heteroatoms. The third kappa shape index (κ3) is 5.22. The van der Waals surface area contributed by atoms with Crippen LogP contribution < -0.4 is 4.74 Å². The van der Waals surface area contributed by atoms with E-state index in [1.165, 1.54) is 18.4 Å². The van der Waals surface area contributed by atoms with E-state index in [0.717, 1.165) is 6.07 Å². The van der Waals surface area contributed by atoms with Gasteiger partial charge in [-0.25, -0.2) is 0 Å². The molecule has 2 atom stereocenters. The summed E-state index contributed by atoms with van der Waals surface area (Å²) < 4.78 is 41.5. The Balaban J connectivity index is 1.69. The zero-order chi connectivity index (χ0) is 20.4. The van der Waals surface area contributed by atoms with Gasteiger partial charge in [-0.3, -0.25) is 0 Å². The standard InChI is InChI=1S/C18H22ClFO6P2/c1-18(2)10-24-28(27,25-11-18)17(15-4-3-7-22-15)26-16(21)9-23-14-6-5-12(20)8-13(14)19/h3-8,17,28H,9-11,27H2,1-2H3. The molecule has 2 heterocycles. The summed E-state index contributed by atoms with van der Waals surface area (Å²) in [5.41, 5.74) is -0.132. The summed E-state index contributed by atoms with van der Waals surface area (Å²) in [7, 11) is -0.411. The topological polar surface area (TPSA) is 67.1 Å². The molecule has 1 aromatic heterocycles. The number of hydrogen-bond donors (Lipinski definition) is 0. The molecule has 6 nitrogen and oxygen atoms in total. The molecule has 0 radical (unpaired) electrons. The van der Waals surface area contributed by atoms with Crippen molar-refractivity contribution in [2.45, 2.75) is 19.7 Å². The maximum absolute atomic E-state index is 13.1. The summed E-state index contributed by atoms with van der Waals surface area (Å²) in [6.07, 6.45) is 1.49. The van der Waals surface area contributed by atoms with Gasteiger partial charge in [0.15, 0.2) is 0 Å². The number of hydrogen-bond acceptors (Lipinski definition) is 6. The van der Waals surface area contributed by atoms with E-state index in [1.54, 1.807) is 12.1 Å². The van der Waals surface area contributed by atoms with Crippen LogP contribution >= 0.6 is 27.9 Å². The first-order valence-electron chi connectivity index (χ1n) is 8.56. The molecular weight excluding hydrogens is 429 g/mol. The molecule has 0 aliphatic carbocycles. The molecule has 1 aliphatic heterocycles. The molecule has 0 bridgehead atoms. The zero-order valence-electron chi connectivity index (χ0n) is 15.4. The molecular formula is C18H22ClFO6P2. The first-order chi connectivity index (χ1) is 13.2. The van der Waals surface area contributed by atoms with Gasteiger partial charge in [0.2, 0.25) is 0 Å². The van der Waals surface area contributed by atoms with E-state index in [2.05, 4.69) is 8.93 Å². The van der Waals surface area contributed by atoms with Crippen LogP contribution in [0.4, 0.5) is 4.39 Å². The first kappa shape index (κ1) is 21.5. The Morgan fingerprint density at radius 2 is 2.07 bits per heavy atom. The normalized spacial score (nSPS) is 20.2. The molecule has 0 spiro atoms. The van der Waals surface area contributed by atoms with Gasteiger partial charge in [0.1, 0.15) is 0 Å². The zero-order valence-corrected chi connectivity index (χ0v) is 18.4. The van der Waals surface area contributed by atoms with E-state index < -0.39 is 31.6 Å². The molecule has 1 aromatic carbocycles. The summed E-state index contributed by atoms with van der Waals surface area (Å²) in [6, 6.07) is 7.02. The fourth-order valence-corrected chi connectivity index (χ4v) is 6.42. The van der Waals surface area contributed by atoms with Crippen LogP contribution in [-0.4, -0.2) is 25.8 Å². The Bertz CT molecular complexity index is 819. The molecule has 1 saturated heterocycles. The second-order valence-corrected chi connectivity index (χ2v) is 12.6. The second kappa shape index (κ2) is 8.64. The van der Waals surface area contributed by atoms with Crippen LogP contribution in [-0.2, 0) is 18.6 Å². The molecule has 1 fully saturated rings. The van der Waals surface area contributed by atoms with Gasteiger partial charge in [0.05, 0.1) is 0 Å². The van der Waals surface area contributed by atoms with E-state index in [0.29, 0.717) is 19.0 Å². The monoisotopic (exact) mass is 450 g/mol. The number of carbonyl (C=O) groups is 1. The van der Waals surface area contributed by atoms with E-state index in [9.17, 15) is 9.18 Å². The minimum atomic E-state index is -3.00. The van der Waals surface area contributed by atoms with Crippen LogP contribution in [0.25, 0.3) is 0 Å². The Morgan fingerprint density at radius 1 is 1.36 bits per heavy atom. The number of benzene rings is 1. The van der Waals surface area contributed by atoms with Gasteiger partial charge >= 0.3 is 170 Å².